The molecule has 0 bridgehead atoms. The van der Waals surface area contributed by atoms with E-state index in [2.05, 4.69) is 21.2 Å². The Kier molecular flexibility index (Phi) is 6.25. The summed E-state index contributed by atoms with van der Waals surface area (Å²) in [5.41, 5.74) is 1.82. The number of methoxy groups -OCH3 is 2. The molecule has 2 aromatic carbocycles. The first-order chi connectivity index (χ1) is 14.6. The predicted octanol–water partition coefficient (Wildman–Crippen LogP) is 2.19. The standard InChI is InChI=1S/C22H27N3O5/c1-27-17-4-6-19(28-2)18(12-17)23-22(26)14-25-9-7-24(8-10-25)13-16-3-5-20-21(11-16)30-15-29-20/h3-6,11-12H,7-10,13-15H2,1-2H3,(H,23,26). The van der Waals surface area contributed by atoms with Crippen molar-refractivity contribution >= 4 is 11.6 Å². The zero-order valence-electron chi connectivity index (χ0n) is 17.3. The van der Waals surface area contributed by atoms with Gasteiger partial charge in [-0.2, -0.15) is 0 Å². The lowest BCUT2D eigenvalue weighted by atomic mass is 10.1. The number of hydrogen-bond donors (Lipinski definition) is 1. The molecule has 1 fully saturated rings. The van der Waals surface area contributed by atoms with Crippen molar-refractivity contribution in [1.29, 1.82) is 0 Å². The topological polar surface area (TPSA) is 72.5 Å². The Morgan fingerprint density at radius 1 is 0.967 bits per heavy atom. The number of carbonyl (C=O) groups is 1. The van der Waals surface area contributed by atoms with Crippen LogP contribution in [0.25, 0.3) is 0 Å². The van der Waals surface area contributed by atoms with E-state index in [4.69, 9.17) is 18.9 Å². The van der Waals surface area contributed by atoms with Gasteiger partial charge in [0.1, 0.15) is 11.5 Å². The third kappa shape index (κ3) is 4.77. The molecule has 0 saturated carbocycles. The molecule has 160 valence electrons. The van der Waals surface area contributed by atoms with Gasteiger partial charge in [-0.3, -0.25) is 14.6 Å². The second-order valence-corrected chi connectivity index (χ2v) is 7.35. The maximum atomic E-state index is 12.5. The van der Waals surface area contributed by atoms with Crippen molar-refractivity contribution in [3.05, 3.63) is 42.0 Å². The van der Waals surface area contributed by atoms with Gasteiger partial charge in [0.15, 0.2) is 11.5 Å². The maximum Gasteiger partial charge on any atom is 0.238 e. The van der Waals surface area contributed by atoms with Crippen LogP contribution in [0.4, 0.5) is 5.69 Å². The maximum absolute atomic E-state index is 12.5. The minimum Gasteiger partial charge on any atom is -0.497 e. The Balaban J connectivity index is 1.26. The first-order valence-electron chi connectivity index (χ1n) is 10.00. The largest absolute Gasteiger partial charge is 0.497 e. The second-order valence-electron chi connectivity index (χ2n) is 7.35. The van der Waals surface area contributed by atoms with Crippen molar-refractivity contribution in [2.24, 2.45) is 0 Å². The average Bonchev–Trinajstić information content (AvgIpc) is 3.23. The molecule has 8 nitrogen and oxygen atoms in total. The number of rotatable bonds is 7. The molecule has 0 radical (unpaired) electrons. The van der Waals surface area contributed by atoms with Crippen LogP contribution in [0.1, 0.15) is 5.56 Å². The van der Waals surface area contributed by atoms with Crippen LogP contribution in [-0.4, -0.2) is 69.4 Å². The third-order valence-corrected chi connectivity index (χ3v) is 5.36. The van der Waals surface area contributed by atoms with Gasteiger partial charge in [-0.15, -0.1) is 0 Å². The van der Waals surface area contributed by atoms with E-state index in [-0.39, 0.29) is 5.91 Å². The van der Waals surface area contributed by atoms with Gasteiger partial charge in [0, 0.05) is 38.8 Å². The zero-order valence-corrected chi connectivity index (χ0v) is 17.3. The number of hydrogen-bond acceptors (Lipinski definition) is 7. The van der Waals surface area contributed by atoms with Crippen LogP contribution in [-0.2, 0) is 11.3 Å². The third-order valence-electron chi connectivity index (χ3n) is 5.36. The van der Waals surface area contributed by atoms with E-state index in [1.165, 1.54) is 5.56 Å². The van der Waals surface area contributed by atoms with Gasteiger partial charge in [0.25, 0.3) is 0 Å². The van der Waals surface area contributed by atoms with Crippen LogP contribution in [0.5, 0.6) is 23.0 Å². The molecule has 2 aliphatic heterocycles. The van der Waals surface area contributed by atoms with Crippen LogP contribution in [0.2, 0.25) is 0 Å². The van der Waals surface area contributed by atoms with E-state index in [1.54, 1.807) is 32.4 Å². The highest BCUT2D eigenvalue weighted by Gasteiger charge is 2.21. The Morgan fingerprint density at radius 3 is 2.50 bits per heavy atom. The number of nitrogens with one attached hydrogen (secondary N) is 1. The lowest BCUT2D eigenvalue weighted by Crippen LogP contribution is -2.48. The minimum absolute atomic E-state index is 0.0641. The summed E-state index contributed by atoms with van der Waals surface area (Å²) < 4.78 is 21.4. The summed E-state index contributed by atoms with van der Waals surface area (Å²) >= 11 is 0. The molecule has 0 aliphatic carbocycles. The smallest absolute Gasteiger partial charge is 0.238 e. The Bertz CT molecular complexity index is 896. The van der Waals surface area contributed by atoms with Crippen molar-refractivity contribution < 1.29 is 23.7 Å². The molecule has 1 saturated heterocycles. The minimum atomic E-state index is -0.0641. The number of fused-ring (bicyclic) bond motifs is 1. The summed E-state index contributed by atoms with van der Waals surface area (Å²) in [5, 5.41) is 2.93. The summed E-state index contributed by atoms with van der Waals surface area (Å²) in [5.74, 6) is 2.84. The Hall–Kier alpha value is -2.97. The molecule has 0 aromatic heterocycles. The zero-order chi connectivity index (χ0) is 20.9. The average molecular weight is 413 g/mol. The van der Waals surface area contributed by atoms with E-state index < -0.39 is 0 Å². The lowest BCUT2D eigenvalue weighted by molar-refractivity contribution is -0.117. The summed E-state index contributed by atoms with van der Waals surface area (Å²) in [6.45, 7) is 4.99. The van der Waals surface area contributed by atoms with Gasteiger partial charge < -0.3 is 24.3 Å². The van der Waals surface area contributed by atoms with Gasteiger partial charge in [0.05, 0.1) is 26.5 Å². The van der Waals surface area contributed by atoms with E-state index in [1.807, 2.05) is 12.1 Å². The molecule has 2 heterocycles. The molecule has 2 aromatic rings. The van der Waals surface area contributed by atoms with Crippen molar-refractivity contribution in [1.82, 2.24) is 9.80 Å². The molecule has 0 atom stereocenters. The van der Waals surface area contributed by atoms with E-state index in [0.717, 1.165) is 44.2 Å². The van der Waals surface area contributed by atoms with Crippen molar-refractivity contribution in [3.8, 4) is 23.0 Å². The molecule has 1 amide bonds. The SMILES string of the molecule is COc1ccc(OC)c(NC(=O)CN2CCN(Cc3ccc4c(c3)OCO4)CC2)c1. The monoisotopic (exact) mass is 413 g/mol. The first-order valence-corrected chi connectivity index (χ1v) is 10.00. The highest BCUT2D eigenvalue weighted by molar-refractivity contribution is 5.94. The summed E-state index contributed by atoms with van der Waals surface area (Å²) in [4.78, 5) is 17.1. The summed E-state index contributed by atoms with van der Waals surface area (Å²) in [6, 6.07) is 11.4. The molecule has 4 rings (SSSR count). The number of amides is 1. The fourth-order valence-electron chi connectivity index (χ4n) is 3.71. The van der Waals surface area contributed by atoms with Crippen molar-refractivity contribution in [3.63, 3.8) is 0 Å². The van der Waals surface area contributed by atoms with Gasteiger partial charge in [0.2, 0.25) is 12.7 Å². The molecular formula is C22H27N3O5. The molecule has 8 heteroatoms. The number of piperazine rings is 1. The van der Waals surface area contributed by atoms with Gasteiger partial charge in [-0.1, -0.05) is 6.07 Å². The van der Waals surface area contributed by atoms with Crippen LogP contribution in [0, 0.1) is 0 Å². The lowest BCUT2D eigenvalue weighted by Gasteiger charge is -2.34. The van der Waals surface area contributed by atoms with Gasteiger partial charge in [-0.25, -0.2) is 0 Å². The normalized spacial score (nSPS) is 16.3. The fourth-order valence-corrected chi connectivity index (χ4v) is 3.71. The number of nitrogens with zero attached hydrogens (tertiary/aromatic N) is 2. The van der Waals surface area contributed by atoms with Crippen LogP contribution >= 0.6 is 0 Å². The number of benzene rings is 2. The van der Waals surface area contributed by atoms with Gasteiger partial charge >= 0.3 is 0 Å². The van der Waals surface area contributed by atoms with Gasteiger partial charge in [-0.05, 0) is 29.8 Å². The van der Waals surface area contributed by atoms with Crippen molar-refractivity contribution in [2.45, 2.75) is 6.54 Å². The number of carbonyl (C=O) groups excluding carboxylic acids is 1. The fraction of sp³-hybridized carbons (Fsp3) is 0.409. The molecule has 2 aliphatic rings. The van der Waals surface area contributed by atoms with E-state index in [9.17, 15) is 4.79 Å². The van der Waals surface area contributed by atoms with E-state index in [0.29, 0.717) is 30.5 Å². The van der Waals surface area contributed by atoms with Crippen molar-refractivity contribution in [2.75, 3.05) is 59.1 Å². The molecule has 0 unspecified atom stereocenters. The molecular weight excluding hydrogens is 386 g/mol. The highest BCUT2D eigenvalue weighted by Crippen LogP contribution is 2.33. The number of anilines is 1. The predicted molar refractivity (Wildman–Crippen MR) is 112 cm³/mol. The molecule has 1 N–H and O–H groups in total. The van der Waals surface area contributed by atoms with Crippen LogP contribution < -0.4 is 24.3 Å². The molecule has 0 spiro atoms. The van der Waals surface area contributed by atoms with Crippen LogP contribution in [0.15, 0.2) is 36.4 Å². The quantitative estimate of drug-likeness (QED) is 0.746. The first kappa shape index (κ1) is 20.3. The Labute approximate surface area is 176 Å². The summed E-state index contributed by atoms with van der Waals surface area (Å²) in [6.07, 6.45) is 0. The second kappa shape index (κ2) is 9.23. The number of ether oxygens (including phenoxy) is 4. The van der Waals surface area contributed by atoms with Crippen LogP contribution in [0.3, 0.4) is 0 Å². The highest BCUT2D eigenvalue weighted by atomic mass is 16.7. The summed E-state index contributed by atoms with van der Waals surface area (Å²) in [7, 11) is 3.17. The Morgan fingerprint density at radius 2 is 1.73 bits per heavy atom. The molecule has 30 heavy (non-hydrogen) atoms. The van der Waals surface area contributed by atoms with E-state index >= 15 is 0 Å².